The van der Waals surface area contributed by atoms with E-state index < -0.39 is 5.91 Å². The van der Waals surface area contributed by atoms with Crippen LogP contribution in [0.3, 0.4) is 0 Å². The number of hydrogen-bond acceptors (Lipinski definition) is 5. The Balaban J connectivity index is 2.00. The second-order valence-corrected chi connectivity index (χ2v) is 6.56. The lowest BCUT2D eigenvalue weighted by Gasteiger charge is -2.08. The van der Waals surface area contributed by atoms with Crippen molar-refractivity contribution in [2.75, 3.05) is 5.73 Å². The van der Waals surface area contributed by atoms with Crippen molar-refractivity contribution in [3.63, 3.8) is 0 Å². The molecule has 27 heavy (non-hydrogen) atoms. The van der Waals surface area contributed by atoms with E-state index in [0.717, 1.165) is 22.4 Å². The van der Waals surface area contributed by atoms with Crippen LogP contribution in [0.5, 0.6) is 0 Å². The molecular weight excluding hydrogens is 364 g/mol. The lowest BCUT2D eigenvalue weighted by molar-refractivity contribution is 0.0999. The summed E-state index contributed by atoms with van der Waals surface area (Å²) < 4.78 is 1.73. The zero-order valence-corrected chi connectivity index (χ0v) is 15.6. The molecule has 2 aromatic heterocycles. The number of carbonyl (C=O) groups excluding carboxylic acids is 1. The van der Waals surface area contributed by atoms with Crippen LogP contribution in [-0.4, -0.2) is 20.7 Å². The first-order chi connectivity index (χ1) is 12.8. The third-order valence-electron chi connectivity index (χ3n) is 4.35. The Morgan fingerprint density at radius 2 is 2.07 bits per heavy atom. The van der Waals surface area contributed by atoms with Gasteiger partial charge in [0.2, 0.25) is 0 Å². The van der Waals surface area contributed by atoms with Crippen LogP contribution in [-0.2, 0) is 6.54 Å². The molecule has 0 unspecified atom stereocenters. The number of anilines is 1. The van der Waals surface area contributed by atoms with Crippen molar-refractivity contribution < 1.29 is 4.79 Å². The summed E-state index contributed by atoms with van der Waals surface area (Å²) in [5.41, 5.74) is 16.0. The number of rotatable bonds is 4. The number of aryl methyl sites for hydroxylation is 1. The van der Waals surface area contributed by atoms with Crippen LogP contribution < -0.4 is 11.5 Å². The second kappa shape index (κ2) is 7.09. The fourth-order valence-corrected chi connectivity index (χ4v) is 3.15. The number of benzene rings is 1. The van der Waals surface area contributed by atoms with Crippen molar-refractivity contribution >= 4 is 23.3 Å². The van der Waals surface area contributed by atoms with Crippen LogP contribution in [0.2, 0.25) is 5.02 Å². The Hall–Kier alpha value is -3.37. The number of halogens is 1. The monoisotopic (exact) mass is 380 g/mol. The minimum atomic E-state index is -0.522. The first kappa shape index (κ1) is 18.4. The molecule has 2 heterocycles. The molecule has 1 aromatic carbocycles. The van der Waals surface area contributed by atoms with Crippen molar-refractivity contribution in [2.24, 2.45) is 5.73 Å². The van der Waals surface area contributed by atoms with Gasteiger partial charge in [0.05, 0.1) is 22.7 Å². The summed E-state index contributed by atoms with van der Waals surface area (Å²) in [5.74, 6) is -0.171. The molecule has 136 valence electrons. The highest BCUT2D eigenvalue weighted by molar-refractivity contribution is 6.32. The lowest BCUT2D eigenvalue weighted by Crippen LogP contribution is -2.15. The molecule has 0 bridgehead atoms. The SMILES string of the molecule is Cc1ncc(Cn2nc(N)c(-c3ccc(C#N)c(Cl)c3)c2C)cc1C(N)=O. The van der Waals surface area contributed by atoms with Crippen LogP contribution in [0.4, 0.5) is 5.82 Å². The van der Waals surface area contributed by atoms with E-state index >= 15 is 0 Å². The Labute approximate surface area is 161 Å². The van der Waals surface area contributed by atoms with Gasteiger partial charge in [-0.3, -0.25) is 14.5 Å². The Morgan fingerprint density at radius 1 is 1.33 bits per heavy atom. The van der Waals surface area contributed by atoms with Crippen molar-refractivity contribution in [3.05, 3.63) is 63.6 Å². The fraction of sp³-hybridized carbons (Fsp3) is 0.158. The van der Waals surface area contributed by atoms with Gasteiger partial charge in [0, 0.05) is 23.1 Å². The molecule has 0 spiro atoms. The van der Waals surface area contributed by atoms with Gasteiger partial charge in [-0.1, -0.05) is 17.7 Å². The average molecular weight is 381 g/mol. The summed E-state index contributed by atoms with van der Waals surface area (Å²) in [7, 11) is 0. The molecule has 0 atom stereocenters. The van der Waals surface area contributed by atoms with E-state index in [9.17, 15) is 4.79 Å². The highest BCUT2D eigenvalue weighted by Crippen LogP contribution is 2.32. The summed E-state index contributed by atoms with van der Waals surface area (Å²) in [6.07, 6.45) is 1.68. The number of nitriles is 1. The molecule has 0 radical (unpaired) electrons. The molecule has 3 aromatic rings. The summed E-state index contributed by atoms with van der Waals surface area (Å²) in [6, 6.07) is 8.87. The van der Waals surface area contributed by atoms with Gasteiger partial charge < -0.3 is 11.5 Å². The number of hydrogen-bond donors (Lipinski definition) is 2. The van der Waals surface area contributed by atoms with Gasteiger partial charge in [0.1, 0.15) is 6.07 Å². The maximum Gasteiger partial charge on any atom is 0.250 e. The zero-order valence-electron chi connectivity index (χ0n) is 14.8. The molecule has 4 N–H and O–H groups in total. The van der Waals surface area contributed by atoms with Crippen LogP contribution in [0.25, 0.3) is 11.1 Å². The molecule has 0 aliphatic carbocycles. The maximum atomic E-state index is 11.5. The molecule has 0 aliphatic rings. The van der Waals surface area contributed by atoms with Crippen molar-refractivity contribution in [1.29, 1.82) is 5.26 Å². The predicted molar refractivity (Wildman–Crippen MR) is 103 cm³/mol. The fourth-order valence-electron chi connectivity index (χ4n) is 2.93. The van der Waals surface area contributed by atoms with Gasteiger partial charge in [-0.25, -0.2) is 0 Å². The number of nitrogens with two attached hydrogens (primary N) is 2. The van der Waals surface area contributed by atoms with Crippen LogP contribution in [0, 0.1) is 25.2 Å². The van der Waals surface area contributed by atoms with E-state index in [1.165, 1.54) is 0 Å². The van der Waals surface area contributed by atoms with E-state index in [4.69, 9.17) is 28.3 Å². The van der Waals surface area contributed by atoms with E-state index in [0.29, 0.717) is 34.2 Å². The van der Waals surface area contributed by atoms with E-state index in [2.05, 4.69) is 10.1 Å². The average Bonchev–Trinajstić information content (AvgIpc) is 2.89. The third kappa shape index (κ3) is 3.48. The quantitative estimate of drug-likeness (QED) is 0.720. The van der Waals surface area contributed by atoms with Crippen LogP contribution in [0.15, 0.2) is 30.5 Å². The number of primary amides is 1. The van der Waals surface area contributed by atoms with Gasteiger partial charge in [-0.05, 0) is 43.2 Å². The van der Waals surface area contributed by atoms with Crippen molar-refractivity contribution in [1.82, 2.24) is 14.8 Å². The van der Waals surface area contributed by atoms with E-state index in [1.807, 2.05) is 13.0 Å². The van der Waals surface area contributed by atoms with Gasteiger partial charge in [0.25, 0.3) is 5.91 Å². The molecule has 8 heteroatoms. The summed E-state index contributed by atoms with van der Waals surface area (Å²) in [4.78, 5) is 15.7. The first-order valence-corrected chi connectivity index (χ1v) is 8.47. The first-order valence-electron chi connectivity index (χ1n) is 8.10. The van der Waals surface area contributed by atoms with E-state index in [1.54, 1.807) is 42.1 Å². The number of amides is 1. The minimum Gasteiger partial charge on any atom is -0.382 e. The van der Waals surface area contributed by atoms with Crippen molar-refractivity contribution in [3.8, 4) is 17.2 Å². The largest absolute Gasteiger partial charge is 0.382 e. The third-order valence-corrected chi connectivity index (χ3v) is 4.67. The van der Waals surface area contributed by atoms with Gasteiger partial charge in [-0.15, -0.1) is 0 Å². The molecule has 3 rings (SSSR count). The van der Waals surface area contributed by atoms with Gasteiger partial charge in [0.15, 0.2) is 5.82 Å². The number of carbonyl (C=O) groups is 1. The molecule has 0 aliphatic heterocycles. The highest BCUT2D eigenvalue weighted by atomic mass is 35.5. The van der Waals surface area contributed by atoms with Crippen LogP contribution in [0.1, 0.15) is 32.9 Å². The summed E-state index contributed by atoms with van der Waals surface area (Å²) in [6.45, 7) is 4.00. The van der Waals surface area contributed by atoms with Gasteiger partial charge in [-0.2, -0.15) is 10.4 Å². The van der Waals surface area contributed by atoms with Gasteiger partial charge >= 0.3 is 0 Å². The second-order valence-electron chi connectivity index (χ2n) is 6.15. The summed E-state index contributed by atoms with van der Waals surface area (Å²) in [5, 5.41) is 13.8. The topological polar surface area (TPSA) is 124 Å². The molecule has 0 saturated heterocycles. The molecule has 7 nitrogen and oxygen atoms in total. The number of pyridine rings is 1. The zero-order chi connectivity index (χ0) is 19.7. The highest BCUT2D eigenvalue weighted by Gasteiger charge is 2.16. The molecule has 0 saturated carbocycles. The van der Waals surface area contributed by atoms with Crippen molar-refractivity contribution in [2.45, 2.75) is 20.4 Å². The normalized spacial score (nSPS) is 10.6. The number of nitrogen functional groups attached to an aromatic ring is 1. The maximum absolute atomic E-state index is 11.5. The van der Waals surface area contributed by atoms with Crippen LogP contribution >= 0.6 is 11.6 Å². The Bertz CT molecular complexity index is 1100. The summed E-state index contributed by atoms with van der Waals surface area (Å²) >= 11 is 6.14. The number of aromatic nitrogens is 3. The van der Waals surface area contributed by atoms with E-state index in [-0.39, 0.29) is 0 Å². The minimum absolute atomic E-state index is 0.350. The lowest BCUT2D eigenvalue weighted by atomic mass is 10.0. The Morgan fingerprint density at radius 3 is 2.70 bits per heavy atom. The smallest absolute Gasteiger partial charge is 0.250 e. The standard InChI is InChI=1S/C19H17ClN6O/c1-10-15(19(23)27)5-12(8-24-10)9-26-11(2)17(18(22)25-26)13-3-4-14(7-21)16(20)6-13/h3-6,8H,9H2,1-2H3,(H2,22,25)(H2,23,27). The molecule has 0 fully saturated rings. The predicted octanol–water partition coefficient (Wildman–Crippen LogP) is 2.82. The molecule has 1 amide bonds. The number of nitrogens with zero attached hydrogens (tertiary/aromatic N) is 4. The Kier molecular flexibility index (Phi) is 4.84. The molecular formula is C19H17ClN6O.